The minimum absolute atomic E-state index is 0.0776. The molecule has 102 valence electrons. The van der Waals surface area contributed by atoms with E-state index >= 15 is 0 Å². The van der Waals surface area contributed by atoms with Crippen LogP contribution in [0.4, 0.5) is 0 Å². The predicted octanol–water partition coefficient (Wildman–Crippen LogP) is 3.53. The summed E-state index contributed by atoms with van der Waals surface area (Å²) in [6.07, 6.45) is 5.72. The van der Waals surface area contributed by atoms with Crippen molar-refractivity contribution in [3.8, 4) is 0 Å². The molecule has 2 atom stereocenters. The van der Waals surface area contributed by atoms with Crippen LogP contribution >= 0.6 is 15.9 Å². The molecule has 2 N–H and O–H groups in total. The molecule has 2 aromatic rings. The van der Waals surface area contributed by atoms with E-state index in [0.717, 1.165) is 23.1 Å². The highest BCUT2D eigenvalue weighted by Crippen LogP contribution is 2.26. The fourth-order valence-corrected chi connectivity index (χ4v) is 2.82. The van der Waals surface area contributed by atoms with E-state index in [-0.39, 0.29) is 12.1 Å². The Balaban J connectivity index is 2.47. The van der Waals surface area contributed by atoms with Crippen LogP contribution in [-0.2, 0) is 6.42 Å². The van der Waals surface area contributed by atoms with Crippen molar-refractivity contribution in [2.75, 3.05) is 0 Å². The second-order valence-electron chi connectivity index (χ2n) is 4.68. The van der Waals surface area contributed by atoms with Crippen LogP contribution in [0.25, 0.3) is 0 Å². The first-order chi connectivity index (χ1) is 9.17. The van der Waals surface area contributed by atoms with E-state index in [1.807, 2.05) is 18.5 Å². The number of aromatic nitrogens is 2. The molecule has 0 aliphatic carbocycles. The lowest BCUT2D eigenvalue weighted by Gasteiger charge is -2.26. The largest absolute Gasteiger partial charge is 0.326 e. The number of rotatable bonds is 5. The van der Waals surface area contributed by atoms with Gasteiger partial charge in [-0.05, 0) is 24.1 Å². The van der Waals surface area contributed by atoms with Gasteiger partial charge in [0, 0.05) is 29.3 Å². The number of nitrogens with two attached hydrogens (primary N) is 1. The van der Waals surface area contributed by atoms with Crippen LogP contribution in [0.3, 0.4) is 0 Å². The molecule has 0 saturated carbocycles. The van der Waals surface area contributed by atoms with E-state index in [4.69, 9.17) is 5.73 Å². The van der Waals surface area contributed by atoms with Crippen molar-refractivity contribution in [1.29, 1.82) is 0 Å². The summed E-state index contributed by atoms with van der Waals surface area (Å²) in [5, 5.41) is 0. The maximum absolute atomic E-state index is 6.35. The van der Waals surface area contributed by atoms with Crippen molar-refractivity contribution in [3.63, 3.8) is 0 Å². The Labute approximate surface area is 123 Å². The van der Waals surface area contributed by atoms with Crippen LogP contribution in [0.5, 0.6) is 0 Å². The maximum Gasteiger partial charge on any atom is 0.108 e. The Morgan fingerprint density at radius 3 is 2.79 bits per heavy atom. The van der Waals surface area contributed by atoms with Crippen molar-refractivity contribution in [3.05, 3.63) is 52.5 Å². The van der Waals surface area contributed by atoms with Crippen molar-refractivity contribution in [2.24, 2.45) is 5.73 Å². The van der Waals surface area contributed by atoms with Gasteiger partial charge >= 0.3 is 0 Å². The van der Waals surface area contributed by atoms with Crippen molar-refractivity contribution >= 4 is 15.9 Å². The molecule has 0 aliphatic rings. The van der Waals surface area contributed by atoms with Crippen LogP contribution < -0.4 is 5.73 Å². The molecule has 4 heteroatoms. The van der Waals surface area contributed by atoms with Gasteiger partial charge in [0.05, 0.1) is 6.04 Å². The van der Waals surface area contributed by atoms with E-state index in [2.05, 4.69) is 57.5 Å². The Morgan fingerprint density at radius 2 is 2.16 bits per heavy atom. The van der Waals surface area contributed by atoms with Crippen molar-refractivity contribution < 1.29 is 0 Å². The average molecular weight is 322 g/mol. The molecular formula is C15H20BrN3. The lowest BCUT2D eigenvalue weighted by Crippen LogP contribution is -2.33. The van der Waals surface area contributed by atoms with Crippen molar-refractivity contribution in [1.82, 2.24) is 9.55 Å². The number of nitrogens with zero attached hydrogens (tertiary/aromatic N) is 2. The molecule has 3 nitrogen and oxygen atoms in total. The predicted molar refractivity (Wildman–Crippen MR) is 82.2 cm³/mol. The molecule has 1 aromatic carbocycles. The quantitative estimate of drug-likeness (QED) is 0.915. The van der Waals surface area contributed by atoms with Crippen molar-refractivity contribution in [2.45, 2.75) is 38.8 Å². The first-order valence-corrected chi connectivity index (χ1v) is 7.49. The molecule has 0 saturated heterocycles. The number of imidazole rings is 1. The van der Waals surface area contributed by atoms with Gasteiger partial charge < -0.3 is 10.3 Å². The SMILES string of the molecule is CCc1nccn1C(c1cccc(Br)c1)C(N)CC. The highest BCUT2D eigenvalue weighted by Gasteiger charge is 2.22. The Morgan fingerprint density at radius 1 is 1.37 bits per heavy atom. The summed E-state index contributed by atoms with van der Waals surface area (Å²) in [5.74, 6) is 1.08. The Bertz CT molecular complexity index is 536. The molecule has 1 heterocycles. The molecule has 0 fully saturated rings. The maximum atomic E-state index is 6.35. The zero-order chi connectivity index (χ0) is 13.8. The number of aryl methyl sites for hydroxylation is 1. The van der Waals surface area contributed by atoms with E-state index < -0.39 is 0 Å². The van der Waals surface area contributed by atoms with Gasteiger partial charge in [-0.3, -0.25) is 0 Å². The second kappa shape index (κ2) is 6.35. The molecule has 1 aromatic heterocycles. The van der Waals surface area contributed by atoms with Gasteiger partial charge in [-0.1, -0.05) is 41.9 Å². The lowest BCUT2D eigenvalue weighted by atomic mass is 9.97. The van der Waals surface area contributed by atoms with Gasteiger partial charge in [-0.2, -0.15) is 0 Å². The standard InChI is InChI=1S/C15H20BrN3/c1-3-13(17)15(11-6-5-7-12(16)10-11)19-9-8-18-14(19)4-2/h5-10,13,15H,3-4,17H2,1-2H3. The second-order valence-corrected chi connectivity index (χ2v) is 5.59. The molecule has 19 heavy (non-hydrogen) atoms. The zero-order valence-electron chi connectivity index (χ0n) is 11.4. The van der Waals surface area contributed by atoms with E-state index in [1.54, 1.807) is 0 Å². The first kappa shape index (κ1) is 14.3. The molecule has 0 amide bonds. The topological polar surface area (TPSA) is 43.8 Å². The number of benzene rings is 1. The number of halogens is 1. The molecule has 2 unspecified atom stereocenters. The van der Waals surface area contributed by atoms with Gasteiger partial charge in [0.1, 0.15) is 5.82 Å². The zero-order valence-corrected chi connectivity index (χ0v) is 13.0. The Kier molecular flexibility index (Phi) is 4.77. The highest BCUT2D eigenvalue weighted by atomic mass is 79.9. The van der Waals surface area contributed by atoms with Gasteiger partial charge in [0.15, 0.2) is 0 Å². The molecule has 0 radical (unpaired) electrons. The first-order valence-electron chi connectivity index (χ1n) is 6.70. The summed E-state index contributed by atoms with van der Waals surface area (Å²) < 4.78 is 3.28. The molecular weight excluding hydrogens is 302 g/mol. The normalized spacial score (nSPS) is 14.3. The number of hydrogen-bond donors (Lipinski definition) is 1. The van der Waals surface area contributed by atoms with Crippen LogP contribution in [0, 0.1) is 0 Å². The van der Waals surface area contributed by atoms with Crippen LogP contribution in [0.15, 0.2) is 41.1 Å². The summed E-state index contributed by atoms with van der Waals surface area (Å²) >= 11 is 3.53. The van der Waals surface area contributed by atoms with Gasteiger partial charge in [-0.15, -0.1) is 0 Å². The summed E-state index contributed by atoms with van der Waals surface area (Å²) in [5.41, 5.74) is 7.57. The Hall–Kier alpha value is -1.13. The molecule has 0 aliphatic heterocycles. The summed E-state index contributed by atoms with van der Waals surface area (Å²) in [6.45, 7) is 4.24. The van der Waals surface area contributed by atoms with E-state index in [0.29, 0.717) is 0 Å². The average Bonchev–Trinajstić information content (AvgIpc) is 2.87. The fourth-order valence-electron chi connectivity index (χ4n) is 2.40. The van der Waals surface area contributed by atoms with Crippen LogP contribution in [-0.4, -0.2) is 15.6 Å². The molecule has 0 bridgehead atoms. The van der Waals surface area contributed by atoms with E-state index in [1.165, 1.54) is 5.56 Å². The fraction of sp³-hybridized carbons (Fsp3) is 0.400. The number of hydrogen-bond acceptors (Lipinski definition) is 2. The summed E-state index contributed by atoms with van der Waals surface area (Å²) in [6, 6.07) is 8.57. The lowest BCUT2D eigenvalue weighted by molar-refractivity contribution is 0.447. The third-order valence-electron chi connectivity index (χ3n) is 3.43. The third-order valence-corrected chi connectivity index (χ3v) is 3.93. The summed E-state index contributed by atoms with van der Waals surface area (Å²) in [7, 11) is 0. The third kappa shape index (κ3) is 3.07. The van der Waals surface area contributed by atoms with Gasteiger partial charge in [0.25, 0.3) is 0 Å². The summed E-state index contributed by atoms with van der Waals surface area (Å²) in [4.78, 5) is 4.42. The van der Waals surface area contributed by atoms with Crippen LogP contribution in [0.1, 0.15) is 37.7 Å². The van der Waals surface area contributed by atoms with Gasteiger partial charge in [0.2, 0.25) is 0 Å². The van der Waals surface area contributed by atoms with Gasteiger partial charge in [-0.25, -0.2) is 4.98 Å². The minimum atomic E-state index is 0.0776. The minimum Gasteiger partial charge on any atom is -0.326 e. The molecule has 0 spiro atoms. The monoisotopic (exact) mass is 321 g/mol. The smallest absolute Gasteiger partial charge is 0.108 e. The van der Waals surface area contributed by atoms with Crippen LogP contribution in [0.2, 0.25) is 0 Å². The van der Waals surface area contributed by atoms with E-state index in [9.17, 15) is 0 Å². The highest BCUT2D eigenvalue weighted by molar-refractivity contribution is 9.10. The molecule has 2 rings (SSSR count).